The molecule has 3 rings (SSSR count). The summed E-state index contributed by atoms with van der Waals surface area (Å²) in [6.07, 6.45) is 14.3. The van der Waals surface area contributed by atoms with Crippen LogP contribution in [-0.2, 0) is 17.6 Å². The van der Waals surface area contributed by atoms with Crippen molar-refractivity contribution >= 4 is 29.5 Å². The van der Waals surface area contributed by atoms with Crippen LogP contribution in [0.3, 0.4) is 0 Å². The van der Waals surface area contributed by atoms with Gasteiger partial charge in [-0.05, 0) is 84.8 Å². The van der Waals surface area contributed by atoms with E-state index in [4.69, 9.17) is 21.1 Å². The maximum atomic E-state index is 12.6. The van der Waals surface area contributed by atoms with Gasteiger partial charge in [-0.2, -0.15) is 0 Å². The van der Waals surface area contributed by atoms with Crippen LogP contribution in [0.15, 0.2) is 71.7 Å². The van der Waals surface area contributed by atoms with Gasteiger partial charge in [0.25, 0.3) is 0 Å². The number of alkyl halides is 1. The average molecular weight is 578 g/mol. The van der Waals surface area contributed by atoms with Crippen LogP contribution in [0.1, 0.15) is 88.3 Å². The lowest BCUT2D eigenvalue weighted by atomic mass is 10.0. The molecule has 0 radical (unpaired) electrons. The second-order valence-corrected chi connectivity index (χ2v) is 11.0. The topological polar surface area (TPSA) is 68.1 Å². The Hall–Kier alpha value is -3.31. The normalized spacial score (nSPS) is 12.0. The summed E-state index contributed by atoms with van der Waals surface area (Å²) in [7, 11) is 0. The molecule has 0 bridgehead atoms. The number of esters is 1. The molecule has 6 heteroatoms. The zero-order chi connectivity index (χ0) is 29.3. The Balaban J connectivity index is 1.44. The first kappa shape index (κ1) is 32.2. The molecule has 0 amide bonds. The molecule has 0 aromatic heterocycles. The van der Waals surface area contributed by atoms with Crippen LogP contribution in [-0.4, -0.2) is 29.3 Å². The number of hydrogen-bond acceptors (Lipinski definition) is 5. The van der Waals surface area contributed by atoms with Crippen LogP contribution >= 0.6 is 11.6 Å². The zero-order valence-corrected chi connectivity index (χ0v) is 25.2. The van der Waals surface area contributed by atoms with Gasteiger partial charge in [0.05, 0.1) is 12.3 Å². The highest BCUT2D eigenvalue weighted by Crippen LogP contribution is 2.28. The monoisotopic (exact) mass is 577 g/mol. The predicted octanol–water partition coefficient (Wildman–Crippen LogP) is 9.37. The van der Waals surface area contributed by atoms with Gasteiger partial charge in [-0.3, -0.25) is 9.79 Å². The van der Waals surface area contributed by atoms with Crippen LogP contribution in [0, 0.1) is 0 Å². The molecular formula is C35H44ClNO4. The van der Waals surface area contributed by atoms with Crippen LogP contribution in [0.4, 0.5) is 5.69 Å². The van der Waals surface area contributed by atoms with E-state index in [-0.39, 0.29) is 11.5 Å². The van der Waals surface area contributed by atoms with Crippen LogP contribution in [0.5, 0.6) is 17.2 Å². The minimum absolute atomic E-state index is 0.0622. The van der Waals surface area contributed by atoms with E-state index in [2.05, 4.69) is 31.0 Å². The lowest BCUT2D eigenvalue weighted by Crippen LogP contribution is -2.23. The SMILES string of the molecule is CCCCCCCCCc1ccc(N=Cc2ccc(OC(=O)[C@@H](Cl)Cc3ccc(OCCCC)cc3)c(O)c2)cc1. The summed E-state index contributed by atoms with van der Waals surface area (Å²) in [6, 6.07) is 20.6. The number of halogens is 1. The highest BCUT2D eigenvalue weighted by atomic mass is 35.5. The largest absolute Gasteiger partial charge is 0.504 e. The molecule has 0 spiro atoms. The summed E-state index contributed by atoms with van der Waals surface area (Å²) < 4.78 is 11.0. The Labute approximate surface area is 250 Å². The number of aryl methyl sites for hydroxylation is 1. The molecule has 0 fully saturated rings. The number of unbranched alkanes of at least 4 members (excludes halogenated alkanes) is 7. The minimum Gasteiger partial charge on any atom is -0.504 e. The summed E-state index contributed by atoms with van der Waals surface area (Å²) in [5.74, 6) is 0.0838. The molecule has 0 aliphatic carbocycles. The van der Waals surface area contributed by atoms with Gasteiger partial charge in [0, 0.05) is 6.21 Å². The molecule has 0 saturated heterocycles. The Kier molecular flexibility index (Phi) is 14.3. The molecule has 5 nitrogen and oxygen atoms in total. The van der Waals surface area contributed by atoms with Crippen LogP contribution in [0.25, 0.3) is 0 Å². The zero-order valence-electron chi connectivity index (χ0n) is 24.5. The number of phenolic OH excluding ortho intramolecular Hbond substituents is 1. The molecule has 0 unspecified atom stereocenters. The van der Waals surface area contributed by atoms with Crippen molar-refractivity contribution in [3.8, 4) is 17.2 Å². The lowest BCUT2D eigenvalue weighted by Gasteiger charge is -2.12. The standard InChI is InChI=1S/C35H44ClNO4/c1-3-5-7-8-9-10-11-12-27-13-18-30(19-14-27)37-26-29-17-22-34(33(38)25-29)41-35(39)32(36)24-28-15-20-31(21-16-28)40-23-6-4-2/h13-22,25-26,32,38H,3-12,23-24H2,1-2H3/t32-/m0/s1. The third-order valence-electron chi connectivity index (χ3n) is 6.92. The Morgan fingerprint density at radius 1 is 0.854 bits per heavy atom. The van der Waals surface area contributed by atoms with Crippen molar-refractivity contribution in [1.29, 1.82) is 0 Å². The molecular weight excluding hydrogens is 534 g/mol. The van der Waals surface area contributed by atoms with Crippen molar-refractivity contribution in [2.24, 2.45) is 4.99 Å². The van der Waals surface area contributed by atoms with Gasteiger partial charge in [-0.15, -0.1) is 11.6 Å². The number of carbonyl (C=O) groups is 1. The number of carbonyl (C=O) groups excluding carboxylic acids is 1. The van der Waals surface area contributed by atoms with E-state index in [1.807, 2.05) is 36.4 Å². The molecule has 1 atom stereocenters. The molecule has 1 N–H and O–H groups in total. The van der Waals surface area contributed by atoms with Crippen LogP contribution < -0.4 is 9.47 Å². The highest BCUT2D eigenvalue weighted by molar-refractivity contribution is 6.30. The van der Waals surface area contributed by atoms with E-state index in [1.165, 1.54) is 56.6 Å². The number of phenols is 1. The van der Waals surface area contributed by atoms with Crippen molar-refractivity contribution in [2.45, 2.75) is 89.9 Å². The molecule has 220 valence electrons. The number of rotatable bonds is 18. The van der Waals surface area contributed by atoms with E-state index in [0.717, 1.165) is 36.3 Å². The Morgan fingerprint density at radius 3 is 2.20 bits per heavy atom. The van der Waals surface area contributed by atoms with Crippen molar-refractivity contribution in [1.82, 2.24) is 0 Å². The quantitative estimate of drug-likeness (QED) is 0.0537. The Bertz CT molecular complexity index is 1210. The third-order valence-corrected chi connectivity index (χ3v) is 7.25. The van der Waals surface area contributed by atoms with Gasteiger partial charge in [0.1, 0.15) is 11.1 Å². The summed E-state index contributed by atoms with van der Waals surface area (Å²) in [5.41, 5.74) is 3.76. The van der Waals surface area contributed by atoms with Gasteiger partial charge in [-0.1, -0.05) is 83.1 Å². The second-order valence-electron chi connectivity index (χ2n) is 10.5. The molecule has 3 aromatic rings. The number of aromatic hydroxyl groups is 1. The summed E-state index contributed by atoms with van der Waals surface area (Å²) in [5, 5.41) is 9.54. The molecule has 0 aliphatic heterocycles. The second kappa shape index (κ2) is 18.2. The van der Waals surface area contributed by atoms with Gasteiger partial charge in [-0.25, -0.2) is 0 Å². The van der Waals surface area contributed by atoms with Gasteiger partial charge in [0.2, 0.25) is 0 Å². The summed E-state index contributed by atoms with van der Waals surface area (Å²) in [6.45, 7) is 5.05. The average Bonchev–Trinajstić information content (AvgIpc) is 2.98. The minimum atomic E-state index is -0.892. The van der Waals surface area contributed by atoms with Gasteiger partial charge in [0.15, 0.2) is 11.5 Å². The smallest absolute Gasteiger partial charge is 0.329 e. The molecule has 0 saturated carbocycles. The first-order valence-corrected chi connectivity index (χ1v) is 15.5. The summed E-state index contributed by atoms with van der Waals surface area (Å²) >= 11 is 6.32. The first-order valence-electron chi connectivity index (χ1n) is 15.0. The first-order chi connectivity index (χ1) is 20.0. The Morgan fingerprint density at radius 2 is 1.51 bits per heavy atom. The predicted molar refractivity (Wildman–Crippen MR) is 169 cm³/mol. The van der Waals surface area contributed by atoms with E-state index in [0.29, 0.717) is 18.6 Å². The van der Waals surface area contributed by atoms with Crippen molar-refractivity contribution in [3.05, 3.63) is 83.4 Å². The fourth-order valence-electron chi connectivity index (χ4n) is 4.40. The maximum Gasteiger partial charge on any atom is 0.329 e. The number of benzene rings is 3. The fourth-order valence-corrected chi connectivity index (χ4v) is 4.63. The number of aliphatic imine (C=N–C) groups is 1. The van der Waals surface area contributed by atoms with Crippen molar-refractivity contribution in [2.75, 3.05) is 6.61 Å². The van der Waals surface area contributed by atoms with Crippen LogP contribution in [0.2, 0.25) is 0 Å². The number of ether oxygens (including phenoxy) is 2. The molecule has 0 heterocycles. The molecule has 41 heavy (non-hydrogen) atoms. The van der Waals surface area contributed by atoms with E-state index < -0.39 is 11.3 Å². The highest BCUT2D eigenvalue weighted by Gasteiger charge is 2.20. The molecule has 3 aromatic carbocycles. The van der Waals surface area contributed by atoms with E-state index in [9.17, 15) is 9.90 Å². The third kappa shape index (κ3) is 12.0. The van der Waals surface area contributed by atoms with E-state index in [1.54, 1.807) is 18.3 Å². The van der Waals surface area contributed by atoms with Crippen molar-refractivity contribution in [3.63, 3.8) is 0 Å². The number of hydrogen-bond donors (Lipinski definition) is 1. The summed E-state index contributed by atoms with van der Waals surface area (Å²) in [4.78, 5) is 17.1. The number of nitrogens with zero attached hydrogens (tertiary/aromatic N) is 1. The van der Waals surface area contributed by atoms with Crippen molar-refractivity contribution < 1.29 is 19.4 Å². The van der Waals surface area contributed by atoms with Gasteiger partial charge < -0.3 is 14.6 Å². The fraction of sp³-hybridized carbons (Fsp3) is 0.429. The van der Waals surface area contributed by atoms with Gasteiger partial charge >= 0.3 is 5.97 Å². The van der Waals surface area contributed by atoms with E-state index >= 15 is 0 Å². The maximum absolute atomic E-state index is 12.6. The lowest BCUT2D eigenvalue weighted by molar-refractivity contribution is -0.134. The molecule has 0 aliphatic rings.